The lowest BCUT2D eigenvalue weighted by atomic mass is 10.0. The van der Waals surface area contributed by atoms with Gasteiger partial charge >= 0.3 is 0 Å². The van der Waals surface area contributed by atoms with Crippen LogP contribution in [0.1, 0.15) is 23.9 Å². The first-order chi connectivity index (χ1) is 14.5. The van der Waals surface area contributed by atoms with Crippen LogP contribution in [0.3, 0.4) is 0 Å². The molecular formula is C21H21FN6O2. The van der Waals surface area contributed by atoms with Crippen LogP contribution < -0.4 is 10.2 Å². The van der Waals surface area contributed by atoms with Crippen molar-refractivity contribution in [3.63, 3.8) is 0 Å². The molecule has 2 atom stereocenters. The summed E-state index contributed by atoms with van der Waals surface area (Å²) in [5.41, 5.74) is 1.43. The van der Waals surface area contributed by atoms with Gasteiger partial charge in [0, 0.05) is 18.7 Å². The minimum Gasteiger partial charge on any atom is -0.342 e. The van der Waals surface area contributed by atoms with Crippen molar-refractivity contribution in [3.05, 3.63) is 71.8 Å². The Morgan fingerprint density at radius 1 is 1.23 bits per heavy atom. The molecule has 2 amide bonds. The highest BCUT2D eigenvalue weighted by Gasteiger charge is 2.35. The molecule has 0 aliphatic carbocycles. The van der Waals surface area contributed by atoms with E-state index in [1.807, 2.05) is 30.3 Å². The Labute approximate surface area is 172 Å². The van der Waals surface area contributed by atoms with E-state index in [-0.39, 0.29) is 24.1 Å². The topological polar surface area (TPSA) is 93.0 Å². The number of anilines is 1. The molecule has 1 saturated heterocycles. The molecule has 9 heteroatoms. The van der Waals surface area contributed by atoms with Crippen LogP contribution in [0.5, 0.6) is 0 Å². The summed E-state index contributed by atoms with van der Waals surface area (Å²) in [6, 6.07) is 13.9. The van der Waals surface area contributed by atoms with Gasteiger partial charge in [0.2, 0.25) is 11.8 Å². The van der Waals surface area contributed by atoms with Crippen molar-refractivity contribution in [3.8, 4) is 0 Å². The maximum absolute atomic E-state index is 13.6. The first-order valence-corrected chi connectivity index (χ1v) is 9.68. The van der Waals surface area contributed by atoms with E-state index >= 15 is 0 Å². The molecule has 2 heterocycles. The van der Waals surface area contributed by atoms with Gasteiger partial charge in [-0.15, -0.1) is 5.10 Å². The summed E-state index contributed by atoms with van der Waals surface area (Å²) < 4.78 is 15.0. The van der Waals surface area contributed by atoms with E-state index in [1.165, 1.54) is 16.8 Å². The molecule has 0 saturated carbocycles. The number of hydrogen-bond acceptors (Lipinski definition) is 5. The van der Waals surface area contributed by atoms with Crippen molar-refractivity contribution in [2.75, 3.05) is 11.4 Å². The van der Waals surface area contributed by atoms with Crippen molar-refractivity contribution in [1.82, 2.24) is 25.5 Å². The van der Waals surface area contributed by atoms with Crippen molar-refractivity contribution in [2.24, 2.45) is 0 Å². The predicted octanol–water partition coefficient (Wildman–Crippen LogP) is 1.83. The highest BCUT2D eigenvalue weighted by atomic mass is 19.1. The first kappa shape index (κ1) is 19.7. The lowest BCUT2D eigenvalue weighted by Gasteiger charge is -2.21. The summed E-state index contributed by atoms with van der Waals surface area (Å²) in [6.07, 6.45) is 0.694. The Morgan fingerprint density at radius 2 is 2.03 bits per heavy atom. The van der Waals surface area contributed by atoms with Gasteiger partial charge in [-0.3, -0.25) is 9.59 Å². The number of aryl methyl sites for hydroxylation is 1. The zero-order chi connectivity index (χ0) is 21.1. The SMILES string of the molecule is Cc1nnnn1C(Cc1cccc(F)c1)C(=O)NC1CCN(c2ccccc2)C1=O. The molecule has 1 aliphatic heterocycles. The van der Waals surface area contributed by atoms with Crippen molar-refractivity contribution >= 4 is 17.5 Å². The second-order valence-electron chi connectivity index (χ2n) is 7.20. The largest absolute Gasteiger partial charge is 0.342 e. The molecule has 1 N–H and O–H groups in total. The fraction of sp³-hybridized carbons (Fsp3) is 0.286. The molecule has 1 aromatic heterocycles. The molecule has 0 bridgehead atoms. The molecule has 1 aliphatic rings. The summed E-state index contributed by atoms with van der Waals surface area (Å²) in [6.45, 7) is 2.20. The number of tetrazole rings is 1. The predicted molar refractivity (Wildman–Crippen MR) is 107 cm³/mol. The first-order valence-electron chi connectivity index (χ1n) is 9.68. The average molecular weight is 408 g/mol. The van der Waals surface area contributed by atoms with Gasteiger partial charge in [0.15, 0.2) is 0 Å². The highest BCUT2D eigenvalue weighted by Crippen LogP contribution is 2.22. The Balaban J connectivity index is 1.52. The molecule has 0 radical (unpaired) electrons. The quantitative estimate of drug-likeness (QED) is 0.672. The summed E-state index contributed by atoms with van der Waals surface area (Å²) >= 11 is 0. The second kappa shape index (κ2) is 8.40. The number of nitrogens with zero attached hydrogens (tertiary/aromatic N) is 5. The molecule has 30 heavy (non-hydrogen) atoms. The van der Waals surface area contributed by atoms with Gasteiger partial charge in [0.25, 0.3) is 0 Å². The number of halogens is 1. The highest BCUT2D eigenvalue weighted by molar-refractivity contribution is 6.01. The number of amides is 2. The van der Waals surface area contributed by atoms with Crippen molar-refractivity contribution in [2.45, 2.75) is 31.8 Å². The molecular weight excluding hydrogens is 387 g/mol. The van der Waals surface area contributed by atoms with E-state index < -0.39 is 12.1 Å². The van der Waals surface area contributed by atoms with E-state index in [9.17, 15) is 14.0 Å². The van der Waals surface area contributed by atoms with Gasteiger partial charge < -0.3 is 10.2 Å². The summed E-state index contributed by atoms with van der Waals surface area (Å²) in [5.74, 6) is -0.477. The molecule has 4 rings (SSSR count). The van der Waals surface area contributed by atoms with Crippen LogP contribution in [-0.2, 0) is 16.0 Å². The maximum atomic E-state index is 13.6. The molecule has 0 spiro atoms. The summed E-state index contributed by atoms with van der Waals surface area (Å²) in [4.78, 5) is 27.6. The van der Waals surface area contributed by atoms with E-state index in [4.69, 9.17) is 0 Å². The standard InChI is InChI=1S/C21H21FN6O2/c1-14-24-25-26-28(14)19(13-15-6-5-7-16(22)12-15)20(29)23-18-10-11-27(21(18)30)17-8-3-2-4-9-17/h2-9,12,18-19H,10-11,13H2,1H3,(H,23,29). The Kier molecular flexibility index (Phi) is 5.51. The smallest absolute Gasteiger partial charge is 0.249 e. The van der Waals surface area contributed by atoms with Gasteiger partial charge in [-0.1, -0.05) is 30.3 Å². The van der Waals surface area contributed by atoms with Crippen LogP contribution >= 0.6 is 0 Å². The van der Waals surface area contributed by atoms with E-state index in [0.717, 1.165) is 5.69 Å². The van der Waals surface area contributed by atoms with Crippen LogP contribution in [0.2, 0.25) is 0 Å². The molecule has 8 nitrogen and oxygen atoms in total. The normalized spacial score (nSPS) is 17.2. The molecule has 1 fully saturated rings. The Hall–Kier alpha value is -3.62. The number of rotatable bonds is 6. The van der Waals surface area contributed by atoms with E-state index in [2.05, 4.69) is 20.8 Å². The summed E-state index contributed by atoms with van der Waals surface area (Å²) in [7, 11) is 0. The lowest BCUT2D eigenvalue weighted by molar-refractivity contribution is -0.129. The lowest BCUT2D eigenvalue weighted by Crippen LogP contribution is -2.45. The number of benzene rings is 2. The van der Waals surface area contributed by atoms with Crippen molar-refractivity contribution in [1.29, 1.82) is 0 Å². The van der Waals surface area contributed by atoms with Gasteiger partial charge in [0.05, 0.1) is 0 Å². The number of aromatic nitrogens is 4. The number of carbonyl (C=O) groups excluding carboxylic acids is 2. The van der Waals surface area contributed by atoms with E-state index in [1.54, 1.807) is 24.0 Å². The molecule has 154 valence electrons. The van der Waals surface area contributed by atoms with Gasteiger partial charge in [0.1, 0.15) is 23.7 Å². The fourth-order valence-electron chi connectivity index (χ4n) is 3.65. The zero-order valence-corrected chi connectivity index (χ0v) is 16.4. The van der Waals surface area contributed by atoms with Gasteiger partial charge in [-0.05, 0) is 53.6 Å². The van der Waals surface area contributed by atoms with Crippen LogP contribution in [0.15, 0.2) is 54.6 Å². The zero-order valence-electron chi connectivity index (χ0n) is 16.4. The second-order valence-corrected chi connectivity index (χ2v) is 7.20. The maximum Gasteiger partial charge on any atom is 0.249 e. The third-order valence-electron chi connectivity index (χ3n) is 5.16. The minimum atomic E-state index is -0.805. The van der Waals surface area contributed by atoms with Crippen molar-refractivity contribution < 1.29 is 14.0 Å². The average Bonchev–Trinajstić information content (AvgIpc) is 3.32. The fourth-order valence-corrected chi connectivity index (χ4v) is 3.65. The Bertz CT molecular complexity index is 1050. The Morgan fingerprint density at radius 3 is 2.73 bits per heavy atom. The third-order valence-corrected chi connectivity index (χ3v) is 5.16. The number of nitrogens with one attached hydrogen (secondary N) is 1. The number of carbonyl (C=O) groups is 2. The monoisotopic (exact) mass is 408 g/mol. The molecule has 2 unspecified atom stereocenters. The van der Waals surface area contributed by atoms with Gasteiger partial charge in [-0.2, -0.15) is 0 Å². The van der Waals surface area contributed by atoms with Crippen LogP contribution in [0.4, 0.5) is 10.1 Å². The third kappa shape index (κ3) is 4.05. The van der Waals surface area contributed by atoms with Crippen LogP contribution in [0, 0.1) is 12.7 Å². The van der Waals surface area contributed by atoms with Gasteiger partial charge in [-0.25, -0.2) is 9.07 Å². The van der Waals surface area contributed by atoms with Crippen LogP contribution in [0.25, 0.3) is 0 Å². The minimum absolute atomic E-state index is 0.160. The van der Waals surface area contributed by atoms with Crippen LogP contribution in [-0.4, -0.2) is 44.6 Å². The number of hydrogen-bond donors (Lipinski definition) is 1. The molecule has 2 aromatic carbocycles. The number of para-hydroxylation sites is 1. The summed E-state index contributed by atoms with van der Waals surface area (Å²) in [5, 5.41) is 14.2. The van der Waals surface area contributed by atoms with E-state index in [0.29, 0.717) is 24.4 Å². The molecule has 3 aromatic rings.